The SMILES string of the molecule is COCCN1C(=O)CCC12CCCN(Cc1ccc(OC)cc1)CC2.O=C(O)C(F)(F)F. The molecule has 2 aliphatic rings. The fourth-order valence-corrected chi connectivity index (χ4v) is 4.32. The lowest BCUT2D eigenvalue weighted by atomic mass is 9.88. The van der Waals surface area contributed by atoms with E-state index in [0.29, 0.717) is 18.9 Å². The molecule has 10 heteroatoms. The van der Waals surface area contributed by atoms with Crippen LogP contribution in [0.1, 0.15) is 37.7 Å². The molecule has 2 heterocycles. The van der Waals surface area contributed by atoms with E-state index in [1.807, 2.05) is 12.1 Å². The summed E-state index contributed by atoms with van der Waals surface area (Å²) < 4.78 is 42.2. The third kappa shape index (κ3) is 7.09. The van der Waals surface area contributed by atoms with Crippen LogP contribution in [-0.2, 0) is 20.9 Å². The van der Waals surface area contributed by atoms with Gasteiger partial charge in [0, 0.05) is 38.7 Å². The Labute approximate surface area is 186 Å². The highest BCUT2D eigenvalue weighted by molar-refractivity contribution is 5.79. The Morgan fingerprint density at radius 2 is 1.78 bits per heavy atom. The highest BCUT2D eigenvalue weighted by Gasteiger charge is 2.45. The Morgan fingerprint density at radius 3 is 2.34 bits per heavy atom. The fraction of sp³-hybridized carbons (Fsp3) is 0.636. The second-order valence-electron chi connectivity index (χ2n) is 8.04. The first-order valence-corrected chi connectivity index (χ1v) is 10.6. The van der Waals surface area contributed by atoms with Crippen molar-refractivity contribution < 1.29 is 37.3 Å². The van der Waals surface area contributed by atoms with Gasteiger partial charge in [0.25, 0.3) is 0 Å². The Kier molecular flexibility index (Phi) is 9.33. The number of aliphatic carboxylic acids is 1. The number of methoxy groups -OCH3 is 2. The highest BCUT2D eigenvalue weighted by atomic mass is 19.4. The molecular formula is C22H31F3N2O5. The molecule has 1 atom stereocenters. The average molecular weight is 460 g/mol. The minimum absolute atomic E-state index is 0.0598. The smallest absolute Gasteiger partial charge is 0.490 e. The van der Waals surface area contributed by atoms with Crippen molar-refractivity contribution in [1.82, 2.24) is 9.80 Å². The summed E-state index contributed by atoms with van der Waals surface area (Å²) in [6.45, 7) is 4.46. The van der Waals surface area contributed by atoms with Gasteiger partial charge in [-0.3, -0.25) is 9.69 Å². The van der Waals surface area contributed by atoms with Crippen LogP contribution in [0.5, 0.6) is 5.75 Å². The Hall–Kier alpha value is -2.33. The molecule has 1 unspecified atom stereocenters. The number of rotatable bonds is 6. The second kappa shape index (κ2) is 11.5. The number of carboxylic acids is 1. The zero-order valence-corrected chi connectivity index (χ0v) is 18.5. The summed E-state index contributed by atoms with van der Waals surface area (Å²) in [6.07, 6.45) is -0.0544. The van der Waals surface area contributed by atoms with Crippen molar-refractivity contribution in [3.8, 4) is 5.75 Å². The van der Waals surface area contributed by atoms with Gasteiger partial charge in [-0.05, 0) is 49.9 Å². The minimum Gasteiger partial charge on any atom is -0.497 e. The van der Waals surface area contributed by atoms with Crippen molar-refractivity contribution in [3.05, 3.63) is 29.8 Å². The quantitative estimate of drug-likeness (QED) is 0.702. The third-order valence-corrected chi connectivity index (χ3v) is 6.01. The summed E-state index contributed by atoms with van der Waals surface area (Å²) in [5, 5.41) is 7.12. The van der Waals surface area contributed by atoms with Gasteiger partial charge in [0.05, 0.1) is 13.7 Å². The van der Waals surface area contributed by atoms with Crippen molar-refractivity contribution >= 4 is 11.9 Å². The fourth-order valence-electron chi connectivity index (χ4n) is 4.32. The number of benzene rings is 1. The van der Waals surface area contributed by atoms with Crippen LogP contribution in [0.25, 0.3) is 0 Å². The normalized spacial score (nSPS) is 21.8. The van der Waals surface area contributed by atoms with Crippen LogP contribution in [0.15, 0.2) is 24.3 Å². The Balaban J connectivity index is 0.000000451. The average Bonchev–Trinajstić information content (AvgIpc) is 2.92. The first kappa shape index (κ1) is 25.9. The molecule has 0 saturated carbocycles. The van der Waals surface area contributed by atoms with Crippen LogP contribution in [0.4, 0.5) is 13.2 Å². The number of halogens is 3. The molecule has 1 spiro atoms. The van der Waals surface area contributed by atoms with Gasteiger partial charge >= 0.3 is 12.1 Å². The van der Waals surface area contributed by atoms with Crippen molar-refractivity contribution in [2.75, 3.05) is 40.5 Å². The van der Waals surface area contributed by atoms with Gasteiger partial charge in [-0.2, -0.15) is 13.2 Å². The molecule has 0 aliphatic carbocycles. The number of amides is 1. The zero-order valence-electron chi connectivity index (χ0n) is 18.5. The number of carbonyl (C=O) groups excluding carboxylic acids is 1. The summed E-state index contributed by atoms with van der Waals surface area (Å²) in [4.78, 5) is 25.9. The highest BCUT2D eigenvalue weighted by Crippen LogP contribution is 2.39. The number of nitrogens with zero attached hydrogens (tertiary/aromatic N) is 2. The van der Waals surface area contributed by atoms with E-state index >= 15 is 0 Å². The van der Waals surface area contributed by atoms with Gasteiger partial charge in [-0.15, -0.1) is 0 Å². The first-order valence-electron chi connectivity index (χ1n) is 10.6. The van der Waals surface area contributed by atoms with E-state index in [1.165, 1.54) is 5.56 Å². The van der Waals surface area contributed by atoms with Crippen molar-refractivity contribution in [3.63, 3.8) is 0 Å². The molecule has 1 N–H and O–H groups in total. The number of hydrogen-bond donors (Lipinski definition) is 1. The molecule has 3 rings (SSSR count). The molecule has 2 fully saturated rings. The van der Waals surface area contributed by atoms with Gasteiger partial charge in [0.2, 0.25) is 5.91 Å². The molecule has 0 radical (unpaired) electrons. The third-order valence-electron chi connectivity index (χ3n) is 6.01. The van der Waals surface area contributed by atoms with Gasteiger partial charge in [0.15, 0.2) is 0 Å². The molecular weight excluding hydrogens is 429 g/mol. The van der Waals surface area contributed by atoms with E-state index in [1.54, 1.807) is 14.2 Å². The maximum absolute atomic E-state index is 12.3. The van der Waals surface area contributed by atoms with Crippen LogP contribution in [-0.4, -0.2) is 79.0 Å². The van der Waals surface area contributed by atoms with Gasteiger partial charge in [-0.25, -0.2) is 4.79 Å². The zero-order chi connectivity index (χ0) is 23.8. The van der Waals surface area contributed by atoms with E-state index in [9.17, 15) is 18.0 Å². The molecule has 1 aromatic rings. The lowest BCUT2D eigenvalue weighted by Crippen LogP contribution is -2.47. The number of likely N-dealkylation sites (tertiary alicyclic amines) is 2. The topological polar surface area (TPSA) is 79.3 Å². The summed E-state index contributed by atoms with van der Waals surface area (Å²) in [6, 6.07) is 8.33. The van der Waals surface area contributed by atoms with E-state index in [2.05, 4.69) is 21.9 Å². The summed E-state index contributed by atoms with van der Waals surface area (Å²) in [5.41, 5.74) is 1.38. The molecule has 0 aromatic heterocycles. The number of hydrogen-bond acceptors (Lipinski definition) is 5. The molecule has 32 heavy (non-hydrogen) atoms. The molecule has 7 nitrogen and oxygen atoms in total. The number of carbonyl (C=O) groups is 2. The minimum atomic E-state index is -5.08. The predicted molar refractivity (Wildman–Crippen MR) is 111 cm³/mol. The van der Waals surface area contributed by atoms with Crippen LogP contribution in [0.2, 0.25) is 0 Å². The molecule has 1 aromatic carbocycles. The van der Waals surface area contributed by atoms with E-state index in [0.717, 1.165) is 57.6 Å². The maximum atomic E-state index is 12.3. The second-order valence-corrected chi connectivity index (χ2v) is 8.04. The molecule has 2 saturated heterocycles. The van der Waals surface area contributed by atoms with Crippen LogP contribution >= 0.6 is 0 Å². The van der Waals surface area contributed by atoms with Crippen molar-refractivity contribution in [1.29, 1.82) is 0 Å². The molecule has 0 bridgehead atoms. The summed E-state index contributed by atoms with van der Waals surface area (Å²) in [7, 11) is 3.40. The Bertz CT molecular complexity index is 757. The van der Waals surface area contributed by atoms with Crippen molar-refractivity contribution in [2.45, 2.75) is 50.4 Å². The number of carboxylic acid groups (broad SMARTS) is 1. The molecule has 2 aliphatic heterocycles. The van der Waals surface area contributed by atoms with Crippen LogP contribution < -0.4 is 4.74 Å². The van der Waals surface area contributed by atoms with Gasteiger partial charge < -0.3 is 19.5 Å². The van der Waals surface area contributed by atoms with E-state index in [4.69, 9.17) is 19.4 Å². The Morgan fingerprint density at radius 1 is 1.12 bits per heavy atom. The standard InChI is InChI=1S/C20H30N2O3.C2HF3O2/c1-24-15-14-22-19(23)8-10-20(22)9-3-12-21(13-11-20)16-17-4-6-18(25-2)7-5-17;3-2(4,5)1(6)7/h4-7H,3,8-16H2,1-2H3;(H,6,7). The van der Waals surface area contributed by atoms with E-state index < -0.39 is 12.1 Å². The molecule has 1 amide bonds. The lowest BCUT2D eigenvalue weighted by Gasteiger charge is -2.38. The summed E-state index contributed by atoms with van der Waals surface area (Å²) >= 11 is 0. The first-order chi connectivity index (χ1) is 15.1. The monoisotopic (exact) mass is 460 g/mol. The van der Waals surface area contributed by atoms with Crippen LogP contribution in [0, 0.1) is 0 Å². The van der Waals surface area contributed by atoms with E-state index in [-0.39, 0.29) is 5.54 Å². The predicted octanol–water partition coefficient (Wildman–Crippen LogP) is 3.32. The number of ether oxygens (including phenoxy) is 2. The van der Waals surface area contributed by atoms with Crippen molar-refractivity contribution in [2.24, 2.45) is 0 Å². The lowest BCUT2D eigenvalue weighted by molar-refractivity contribution is -0.192. The maximum Gasteiger partial charge on any atom is 0.490 e. The van der Waals surface area contributed by atoms with Crippen LogP contribution in [0.3, 0.4) is 0 Å². The largest absolute Gasteiger partial charge is 0.497 e. The van der Waals surface area contributed by atoms with Gasteiger partial charge in [0.1, 0.15) is 5.75 Å². The number of alkyl halides is 3. The molecule has 180 valence electrons. The summed E-state index contributed by atoms with van der Waals surface area (Å²) in [5.74, 6) is -1.55. The van der Waals surface area contributed by atoms with Gasteiger partial charge in [-0.1, -0.05) is 12.1 Å².